The molecular weight excluding hydrogens is 204 g/mol. The predicted molar refractivity (Wildman–Crippen MR) is 67.4 cm³/mol. The molecule has 0 bridgehead atoms. The molecule has 1 aromatic rings. The Labute approximate surface area is 96.9 Å². The molecule has 1 aromatic heterocycles. The Morgan fingerprint density at radius 2 is 1.87 bits per heavy atom. The SMILES string of the molecule is CC(C)(C)Cc1nc(C(C)(C)CN)cs1. The summed E-state index contributed by atoms with van der Waals surface area (Å²) in [7, 11) is 0. The minimum atomic E-state index is 0.00658. The second-order valence-corrected chi connectivity index (χ2v) is 6.89. The lowest BCUT2D eigenvalue weighted by atomic mass is 9.90. The number of hydrogen-bond donors (Lipinski definition) is 1. The van der Waals surface area contributed by atoms with E-state index in [2.05, 4.69) is 45.0 Å². The Kier molecular flexibility index (Phi) is 3.56. The highest BCUT2D eigenvalue weighted by Gasteiger charge is 2.23. The van der Waals surface area contributed by atoms with Gasteiger partial charge in [-0.25, -0.2) is 4.98 Å². The maximum Gasteiger partial charge on any atom is 0.0933 e. The van der Waals surface area contributed by atoms with Crippen LogP contribution >= 0.6 is 11.3 Å². The lowest BCUT2D eigenvalue weighted by Gasteiger charge is -2.19. The van der Waals surface area contributed by atoms with Crippen LogP contribution in [0.4, 0.5) is 0 Å². The third kappa shape index (κ3) is 3.58. The van der Waals surface area contributed by atoms with Crippen molar-refractivity contribution in [2.75, 3.05) is 6.54 Å². The van der Waals surface area contributed by atoms with Crippen LogP contribution in [0.1, 0.15) is 45.3 Å². The van der Waals surface area contributed by atoms with Gasteiger partial charge in [0.1, 0.15) is 0 Å². The standard InChI is InChI=1S/C12H22N2S/c1-11(2,3)6-10-14-9(7-15-10)12(4,5)8-13/h7H,6,8,13H2,1-5H3. The monoisotopic (exact) mass is 226 g/mol. The zero-order chi connectivity index (χ0) is 11.7. The van der Waals surface area contributed by atoms with E-state index in [0.717, 1.165) is 12.1 Å². The fraction of sp³-hybridized carbons (Fsp3) is 0.750. The molecule has 0 aliphatic carbocycles. The highest BCUT2D eigenvalue weighted by Crippen LogP contribution is 2.27. The van der Waals surface area contributed by atoms with Gasteiger partial charge in [-0.05, 0) is 5.41 Å². The second-order valence-electron chi connectivity index (χ2n) is 5.95. The molecule has 0 radical (unpaired) electrons. The highest BCUT2D eigenvalue weighted by molar-refractivity contribution is 7.09. The zero-order valence-electron chi connectivity index (χ0n) is 10.4. The molecule has 2 nitrogen and oxygen atoms in total. The van der Waals surface area contributed by atoms with E-state index >= 15 is 0 Å². The van der Waals surface area contributed by atoms with E-state index in [1.807, 2.05) is 0 Å². The fourth-order valence-electron chi connectivity index (χ4n) is 1.26. The van der Waals surface area contributed by atoms with E-state index in [1.54, 1.807) is 11.3 Å². The molecule has 0 saturated heterocycles. The van der Waals surface area contributed by atoms with Gasteiger partial charge in [-0.3, -0.25) is 0 Å². The largest absolute Gasteiger partial charge is 0.330 e. The van der Waals surface area contributed by atoms with Crippen molar-refractivity contribution in [2.45, 2.75) is 46.5 Å². The van der Waals surface area contributed by atoms with Crippen molar-refractivity contribution in [2.24, 2.45) is 11.1 Å². The molecule has 0 aromatic carbocycles. The molecule has 0 unspecified atom stereocenters. The third-order valence-electron chi connectivity index (χ3n) is 2.44. The summed E-state index contributed by atoms with van der Waals surface area (Å²) in [5.41, 5.74) is 7.19. The van der Waals surface area contributed by atoms with Gasteiger partial charge in [0, 0.05) is 23.8 Å². The summed E-state index contributed by atoms with van der Waals surface area (Å²) in [5.74, 6) is 0. The van der Waals surface area contributed by atoms with E-state index < -0.39 is 0 Å². The summed E-state index contributed by atoms with van der Waals surface area (Å²) in [6.07, 6.45) is 1.04. The molecule has 0 saturated carbocycles. The van der Waals surface area contributed by atoms with E-state index in [0.29, 0.717) is 12.0 Å². The molecule has 0 aliphatic rings. The Balaban J connectivity index is 2.81. The van der Waals surface area contributed by atoms with Crippen molar-refractivity contribution in [3.8, 4) is 0 Å². The van der Waals surface area contributed by atoms with E-state index in [9.17, 15) is 0 Å². The summed E-state index contributed by atoms with van der Waals surface area (Å²) in [6.45, 7) is 11.6. The average molecular weight is 226 g/mol. The van der Waals surface area contributed by atoms with Crippen LogP contribution in [-0.4, -0.2) is 11.5 Å². The molecule has 0 spiro atoms. The summed E-state index contributed by atoms with van der Waals surface area (Å²) < 4.78 is 0. The van der Waals surface area contributed by atoms with Crippen LogP contribution in [0, 0.1) is 5.41 Å². The molecule has 1 rings (SSSR count). The highest BCUT2D eigenvalue weighted by atomic mass is 32.1. The number of nitrogens with zero attached hydrogens (tertiary/aromatic N) is 1. The number of nitrogens with two attached hydrogens (primary N) is 1. The Hall–Kier alpha value is -0.410. The average Bonchev–Trinajstić information content (AvgIpc) is 2.50. The molecule has 0 atom stereocenters. The first-order chi connectivity index (χ1) is 6.74. The van der Waals surface area contributed by atoms with Gasteiger partial charge in [0.2, 0.25) is 0 Å². The molecular formula is C12H22N2S. The van der Waals surface area contributed by atoms with Crippen molar-refractivity contribution >= 4 is 11.3 Å². The fourth-order valence-corrected chi connectivity index (χ4v) is 2.55. The van der Waals surface area contributed by atoms with Crippen LogP contribution in [0.15, 0.2) is 5.38 Å². The van der Waals surface area contributed by atoms with Crippen LogP contribution in [0.2, 0.25) is 0 Å². The molecule has 3 heteroatoms. The van der Waals surface area contributed by atoms with Crippen molar-refractivity contribution in [1.82, 2.24) is 4.98 Å². The molecule has 15 heavy (non-hydrogen) atoms. The first kappa shape index (κ1) is 12.7. The smallest absolute Gasteiger partial charge is 0.0933 e. The summed E-state index contributed by atoms with van der Waals surface area (Å²) in [4.78, 5) is 4.68. The maximum atomic E-state index is 5.74. The lowest BCUT2D eigenvalue weighted by molar-refractivity contribution is 0.408. The molecule has 0 amide bonds. The quantitative estimate of drug-likeness (QED) is 0.860. The van der Waals surface area contributed by atoms with Gasteiger partial charge in [-0.1, -0.05) is 34.6 Å². The number of thiazole rings is 1. The number of hydrogen-bond acceptors (Lipinski definition) is 3. The first-order valence-electron chi connectivity index (χ1n) is 5.39. The Bertz CT molecular complexity index is 321. The van der Waals surface area contributed by atoms with Gasteiger partial charge < -0.3 is 5.73 Å². The second kappa shape index (κ2) is 4.22. The van der Waals surface area contributed by atoms with Crippen LogP contribution in [0.5, 0.6) is 0 Å². The summed E-state index contributed by atoms with van der Waals surface area (Å²) >= 11 is 1.75. The Morgan fingerprint density at radius 1 is 1.27 bits per heavy atom. The Morgan fingerprint density at radius 3 is 2.33 bits per heavy atom. The van der Waals surface area contributed by atoms with E-state index in [4.69, 9.17) is 5.73 Å². The molecule has 1 heterocycles. The van der Waals surface area contributed by atoms with Crippen LogP contribution < -0.4 is 5.73 Å². The molecule has 0 aliphatic heterocycles. The van der Waals surface area contributed by atoms with E-state index in [1.165, 1.54) is 5.01 Å². The predicted octanol–water partition coefficient (Wildman–Crippen LogP) is 2.97. The van der Waals surface area contributed by atoms with Crippen molar-refractivity contribution in [1.29, 1.82) is 0 Å². The van der Waals surface area contributed by atoms with Gasteiger partial charge in [0.15, 0.2) is 0 Å². The molecule has 0 fully saturated rings. The number of aromatic nitrogens is 1. The molecule has 2 N–H and O–H groups in total. The maximum absolute atomic E-state index is 5.74. The van der Waals surface area contributed by atoms with Gasteiger partial charge in [0.05, 0.1) is 10.7 Å². The van der Waals surface area contributed by atoms with Gasteiger partial charge in [-0.15, -0.1) is 11.3 Å². The van der Waals surface area contributed by atoms with Crippen molar-refractivity contribution in [3.63, 3.8) is 0 Å². The summed E-state index contributed by atoms with van der Waals surface area (Å²) in [5, 5.41) is 3.37. The van der Waals surface area contributed by atoms with E-state index in [-0.39, 0.29) is 5.41 Å². The summed E-state index contributed by atoms with van der Waals surface area (Å²) in [6, 6.07) is 0. The van der Waals surface area contributed by atoms with Gasteiger partial charge in [-0.2, -0.15) is 0 Å². The third-order valence-corrected chi connectivity index (χ3v) is 3.29. The van der Waals surface area contributed by atoms with Gasteiger partial charge >= 0.3 is 0 Å². The molecule has 86 valence electrons. The topological polar surface area (TPSA) is 38.9 Å². The minimum absolute atomic E-state index is 0.00658. The number of rotatable bonds is 3. The van der Waals surface area contributed by atoms with Crippen molar-refractivity contribution < 1.29 is 0 Å². The van der Waals surface area contributed by atoms with Crippen LogP contribution in [0.25, 0.3) is 0 Å². The van der Waals surface area contributed by atoms with Crippen LogP contribution in [-0.2, 0) is 11.8 Å². The zero-order valence-corrected chi connectivity index (χ0v) is 11.2. The van der Waals surface area contributed by atoms with Crippen LogP contribution in [0.3, 0.4) is 0 Å². The van der Waals surface area contributed by atoms with Gasteiger partial charge in [0.25, 0.3) is 0 Å². The lowest BCUT2D eigenvalue weighted by Crippen LogP contribution is -2.28. The van der Waals surface area contributed by atoms with Crippen molar-refractivity contribution in [3.05, 3.63) is 16.1 Å². The minimum Gasteiger partial charge on any atom is -0.330 e. The normalized spacial score (nSPS) is 13.2. The first-order valence-corrected chi connectivity index (χ1v) is 6.27.